The van der Waals surface area contributed by atoms with Crippen molar-refractivity contribution in [2.24, 2.45) is 4.99 Å². The van der Waals surface area contributed by atoms with Crippen LogP contribution >= 0.6 is 27.5 Å². The van der Waals surface area contributed by atoms with Crippen molar-refractivity contribution >= 4 is 45.5 Å². The van der Waals surface area contributed by atoms with Gasteiger partial charge in [-0.25, -0.2) is 9.79 Å². The molecule has 0 radical (unpaired) electrons. The Kier molecular flexibility index (Phi) is 7.16. The average Bonchev–Trinajstić information content (AvgIpc) is 3.15. The number of hydrogen-bond donors (Lipinski definition) is 0. The van der Waals surface area contributed by atoms with E-state index in [0.717, 1.165) is 10.0 Å². The van der Waals surface area contributed by atoms with Gasteiger partial charge in [0, 0.05) is 4.47 Å². The van der Waals surface area contributed by atoms with Gasteiger partial charge < -0.3 is 14.2 Å². The largest absolute Gasteiger partial charge is 0.490 e. The lowest BCUT2D eigenvalue weighted by atomic mass is 10.1. The number of halogens is 2. The third kappa shape index (κ3) is 5.46. The second-order valence-corrected chi connectivity index (χ2v) is 8.61. The summed E-state index contributed by atoms with van der Waals surface area (Å²) in [5.74, 6) is 0.653. The summed E-state index contributed by atoms with van der Waals surface area (Å²) in [5, 5.41) is 0.376. The van der Waals surface area contributed by atoms with Crippen molar-refractivity contribution in [1.82, 2.24) is 0 Å². The van der Waals surface area contributed by atoms with Crippen LogP contribution in [0.5, 0.6) is 11.5 Å². The first-order valence-electron chi connectivity index (χ1n) is 10.4. The van der Waals surface area contributed by atoms with Crippen LogP contribution < -0.4 is 9.47 Å². The highest BCUT2D eigenvalue weighted by Gasteiger charge is 2.25. The van der Waals surface area contributed by atoms with E-state index in [9.17, 15) is 4.79 Å². The summed E-state index contributed by atoms with van der Waals surface area (Å²) in [4.78, 5) is 16.8. The van der Waals surface area contributed by atoms with Crippen LogP contribution in [0.3, 0.4) is 0 Å². The number of rotatable bonds is 7. The molecular weight excluding hydrogens is 506 g/mol. The maximum Gasteiger partial charge on any atom is 0.363 e. The molecule has 3 aromatic rings. The third-order valence-corrected chi connectivity index (χ3v) is 5.84. The Balaban J connectivity index is 1.61. The molecule has 0 bridgehead atoms. The van der Waals surface area contributed by atoms with Crippen LogP contribution in [0.1, 0.15) is 29.2 Å². The molecule has 0 saturated heterocycles. The van der Waals surface area contributed by atoms with Crippen molar-refractivity contribution in [3.05, 3.63) is 98.1 Å². The second-order valence-electron chi connectivity index (χ2n) is 7.35. The van der Waals surface area contributed by atoms with Crippen molar-refractivity contribution in [2.45, 2.75) is 20.5 Å². The summed E-state index contributed by atoms with van der Waals surface area (Å²) in [6, 6.07) is 19.0. The van der Waals surface area contributed by atoms with Gasteiger partial charge in [0.15, 0.2) is 17.2 Å². The SMILES string of the molecule is CCOc1cc(C=C2N=C(c3ccccc3Br)OC2=O)cc(Cl)c1OCc1ccc(C)cc1. The zero-order chi connectivity index (χ0) is 23.4. The van der Waals surface area contributed by atoms with Gasteiger partial charge >= 0.3 is 5.97 Å². The van der Waals surface area contributed by atoms with Crippen molar-refractivity contribution < 1.29 is 19.0 Å². The van der Waals surface area contributed by atoms with Crippen LogP contribution in [-0.2, 0) is 16.1 Å². The standard InChI is InChI=1S/C26H21BrClNO4/c1-3-31-23-14-18(12-21(28)24(23)32-15-17-10-8-16(2)9-11-17)13-22-26(30)33-25(29-22)19-6-4-5-7-20(19)27/h4-14H,3,15H2,1-2H3. The molecule has 0 aliphatic carbocycles. The van der Waals surface area contributed by atoms with E-state index >= 15 is 0 Å². The predicted molar refractivity (Wildman–Crippen MR) is 133 cm³/mol. The fourth-order valence-corrected chi connectivity index (χ4v) is 3.96. The molecule has 0 spiro atoms. The summed E-state index contributed by atoms with van der Waals surface area (Å²) < 4.78 is 17.9. The van der Waals surface area contributed by atoms with Crippen molar-refractivity contribution in [1.29, 1.82) is 0 Å². The van der Waals surface area contributed by atoms with Gasteiger partial charge in [-0.15, -0.1) is 0 Å². The van der Waals surface area contributed by atoms with Gasteiger partial charge in [-0.3, -0.25) is 0 Å². The van der Waals surface area contributed by atoms with Gasteiger partial charge in [-0.1, -0.05) is 53.6 Å². The fraction of sp³-hybridized carbons (Fsp3) is 0.154. The number of nitrogens with zero attached hydrogens (tertiary/aromatic N) is 1. The third-order valence-electron chi connectivity index (χ3n) is 4.86. The molecule has 0 aromatic heterocycles. The summed E-state index contributed by atoms with van der Waals surface area (Å²) in [7, 11) is 0. The van der Waals surface area contributed by atoms with Gasteiger partial charge in [0.05, 0.1) is 17.2 Å². The molecule has 5 nitrogen and oxygen atoms in total. The van der Waals surface area contributed by atoms with E-state index in [2.05, 4.69) is 20.9 Å². The van der Waals surface area contributed by atoms with E-state index < -0.39 is 5.97 Å². The Morgan fingerprint density at radius 3 is 2.58 bits per heavy atom. The maximum atomic E-state index is 12.4. The number of carbonyl (C=O) groups is 1. The van der Waals surface area contributed by atoms with E-state index in [-0.39, 0.29) is 11.6 Å². The zero-order valence-electron chi connectivity index (χ0n) is 18.1. The quantitative estimate of drug-likeness (QED) is 0.253. The normalized spacial score (nSPS) is 14.2. The number of esters is 1. The highest BCUT2D eigenvalue weighted by Crippen LogP contribution is 2.38. The Morgan fingerprint density at radius 1 is 1.09 bits per heavy atom. The van der Waals surface area contributed by atoms with Crippen LogP contribution in [0.25, 0.3) is 6.08 Å². The molecule has 0 fully saturated rings. The number of cyclic esters (lactones) is 1. The molecule has 3 aromatic carbocycles. The van der Waals surface area contributed by atoms with Gasteiger partial charge in [0.2, 0.25) is 5.90 Å². The molecular formula is C26H21BrClNO4. The van der Waals surface area contributed by atoms with Crippen LogP contribution in [0.2, 0.25) is 5.02 Å². The van der Waals surface area contributed by atoms with Crippen molar-refractivity contribution in [2.75, 3.05) is 6.61 Å². The Hall–Kier alpha value is -3.09. The summed E-state index contributed by atoms with van der Waals surface area (Å²) >= 11 is 9.99. The zero-order valence-corrected chi connectivity index (χ0v) is 20.4. The van der Waals surface area contributed by atoms with E-state index in [0.29, 0.717) is 40.9 Å². The first-order chi connectivity index (χ1) is 15.9. The molecule has 0 atom stereocenters. The monoisotopic (exact) mass is 525 g/mol. The lowest BCUT2D eigenvalue weighted by Gasteiger charge is -2.14. The fourth-order valence-electron chi connectivity index (χ4n) is 3.23. The topological polar surface area (TPSA) is 57.1 Å². The Morgan fingerprint density at radius 2 is 1.85 bits per heavy atom. The Bertz CT molecular complexity index is 1250. The minimum atomic E-state index is -0.533. The lowest BCUT2D eigenvalue weighted by molar-refractivity contribution is -0.129. The summed E-state index contributed by atoms with van der Waals surface area (Å²) in [5.41, 5.74) is 3.72. The van der Waals surface area contributed by atoms with Crippen LogP contribution in [0.4, 0.5) is 0 Å². The first-order valence-corrected chi connectivity index (χ1v) is 11.5. The first kappa shape index (κ1) is 23.1. The van der Waals surface area contributed by atoms with E-state index in [1.807, 2.05) is 62.4 Å². The van der Waals surface area contributed by atoms with Crippen molar-refractivity contribution in [3.63, 3.8) is 0 Å². The predicted octanol–water partition coefficient (Wildman–Crippen LogP) is 6.73. The van der Waals surface area contributed by atoms with Gasteiger partial charge in [0.1, 0.15) is 6.61 Å². The number of benzene rings is 3. The number of hydrogen-bond acceptors (Lipinski definition) is 5. The smallest absolute Gasteiger partial charge is 0.363 e. The van der Waals surface area contributed by atoms with E-state index in [1.54, 1.807) is 18.2 Å². The lowest BCUT2D eigenvalue weighted by Crippen LogP contribution is -2.05. The second kappa shape index (κ2) is 10.2. The highest BCUT2D eigenvalue weighted by molar-refractivity contribution is 9.10. The minimum Gasteiger partial charge on any atom is -0.490 e. The number of aliphatic imine (C=N–C) groups is 1. The van der Waals surface area contributed by atoms with Crippen LogP contribution in [-0.4, -0.2) is 18.5 Å². The molecule has 1 aliphatic rings. The van der Waals surface area contributed by atoms with Crippen LogP contribution in [0, 0.1) is 6.92 Å². The van der Waals surface area contributed by atoms with E-state index in [1.165, 1.54) is 5.56 Å². The average molecular weight is 527 g/mol. The number of ether oxygens (including phenoxy) is 3. The molecule has 0 amide bonds. The van der Waals surface area contributed by atoms with Crippen molar-refractivity contribution in [3.8, 4) is 11.5 Å². The molecule has 168 valence electrons. The Labute approximate surface area is 205 Å². The van der Waals surface area contributed by atoms with Gasteiger partial charge in [-0.05, 0) is 71.2 Å². The molecule has 4 rings (SSSR count). The molecule has 0 saturated carbocycles. The molecule has 1 heterocycles. The van der Waals surface area contributed by atoms with Gasteiger partial charge in [0.25, 0.3) is 0 Å². The number of carbonyl (C=O) groups excluding carboxylic acids is 1. The molecule has 33 heavy (non-hydrogen) atoms. The molecule has 1 aliphatic heterocycles. The van der Waals surface area contributed by atoms with Crippen LogP contribution in [0.15, 0.2) is 75.8 Å². The maximum absolute atomic E-state index is 12.4. The number of aryl methyl sites for hydroxylation is 1. The minimum absolute atomic E-state index is 0.174. The summed E-state index contributed by atoms with van der Waals surface area (Å²) in [6.07, 6.45) is 1.62. The molecule has 0 N–H and O–H groups in total. The highest BCUT2D eigenvalue weighted by atomic mass is 79.9. The molecule has 7 heteroatoms. The molecule has 0 unspecified atom stereocenters. The van der Waals surface area contributed by atoms with Gasteiger partial charge in [-0.2, -0.15) is 0 Å². The van der Waals surface area contributed by atoms with E-state index in [4.69, 9.17) is 25.8 Å². The summed E-state index contributed by atoms with van der Waals surface area (Å²) in [6.45, 7) is 4.70.